The molecule has 0 bridgehead atoms. The van der Waals surface area contributed by atoms with Crippen molar-refractivity contribution in [2.24, 2.45) is 5.73 Å². The predicted molar refractivity (Wildman–Crippen MR) is 72.2 cm³/mol. The van der Waals surface area contributed by atoms with Crippen LogP contribution in [0.5, 0.6) is 5.75 Å². The molecule has 1 amide bonds. The summed E-state index contributed by atoms with van der Waals surface area (Å²) >= 11 is 0. The van der Waals surface area contributed by atoms with Crippen molar-refractivity contribution < 1.29 is 13.9 Å². The molecule has 0 aliphatic heterocycles. The van der Waals surface area contributed by atoms with Crippen LogP contribution in [0.25, 0.3) is 0 Å². The van der Waals surface area contributed by atoms with Crippen molar-refractivity contribution in [2.75, 3.05) is 11.9 Å². The molecule has 5 nitrogen and oxygen atoms in total. The van der Waals surface area contributed by atoms with Crippen molar-refractivity contribution in [1.29, 1.82) is 0 Å². The van der Waals surface area contributed by atoms with Crippen LogP contribution in [0.2, 0.25) is 0 Å². The van der Waals surface area contributed by atoms with Gasteiger partial charge < -0.3 is 20.2 Å². The van der Waals surface area contributed by atoms with E-state index in [9.17, 15) is 4.79 Å². The maximum Gasteiger partial charge on any atom is 0.291 e. The number of hydrogen-bond acceptors (Lipinski definition) is 4. The number of hydrogen-bond donors (Lipinski definition) is 2. The molecule has 0 spiro atoms. The van der Waals surface area contributed by atoms with E-state index in [-0.39, 0.29) is 11.7 Å². The monoisotopic (exact) mass is 260 g/mol. The van der Waals surface area contributed by atoms with Crippen molar-refractivity contribution in [3.05, 3.63) is 47.9 Å². The van der Waals surface area contributed by atoms with Gasteiger partial charge in [0.15, 0.2) is 5.76 Å². The van der Waals surface area contributed by atoms with Gasteiger partial charge in [-0.25, -0.2) is 0 Å². The maximum atomic E-state index is 11.8. The molecule has 0 saturated carbocycles. The number of nitrogens with one attached hydrogen (secondary N) is 1. The number of anilines is 1. The van der Waals surface area contributed by atoms with E-state index in [1.54, 1.807) is 30.3 Å². The van der Waals surface area contributed by atoms with Gasteiger partial charge in [0.05, 0.1) is 12.9 Å². The van der Waals surface area contributed by atoms with Crippen LogP contribution in [-0.4, -0.2) is 12.5 Å². The van der Waals surface area contributed by atoms with E-state index in [1.165, 1.54) is 6.26 Å². The Hall–Kier alpha value is -2.27. The summed E-state index contributed by atoms with van der Waals surface area (Å²) < 4.78 is 10.5. The number of furan rings is 1. The second-order valence-corrected chi connectivity index (χ2v) is 3.89. The molecule has 1 heterocycles. The van der Waals surface area contributed by atoms with Crippen LogP contribution in [0.4, 0.5) is 5.69 Å². The molecular weight excluding hydrogens is 244 g/mol. The van der Waals surface area contributed by atoms with E-state index in [0.717, 1.165) is 11.3 Å². The fourth-order valence-electron chi connectivity index (χ4n) is 1.71. The summed E-state index contributed by atoms with van der Waals surface area (Å²) in [6, 6.07) is 8.63. The third-order valence-electron chi connectivity index (χ3n) is 2.58. The number of rotatable bonds is 5. The molecule has 0 aliphatic rings. The third kappa shape index (κ3) is 3.14. The topological polar surface area (TPSA) is 77.5 Å². The first-order chi connectivity index (χ1) is 9.24. The molecule has 0 saturated heterocycles. The van der Waals surface area contributed by atoms with E-state index in [1.807, 2.05) is 6.92 Å². The molecular formula is C14H16N2O3. The smallest absolute Gasteiger partial charge is 0.291 e. The molecule has 0 radical (unpaired) electrons. The highest BCUT2D eigenvalue weighted by molar-refractivity contribution is 6.02. The Bertz CT molecular complexity index is 550. The minimum Gasteiger partial charge on any atom is -0.494 e. The number of nitrogens with two attached hydrogens (primary N) is 1. The first-order valence-electron chi connectivity index (χ1n) is 6.05. The third-order valence-corrected chi connectivity index (χ3v) is 2.58. The molecule has 1 aromatic carbocycles. The van der Waals surface area contributed by atoms with E-state index in [0.29, 0.717) is 18.8 Å². The Morgan fingerprint density at radius 2 is 2.26 bits per heavy atom. The minimum absolute atomic E-state index is 0.267. The molecule has 19 heavy (non-hydrogen) atoms. The Balaban J connectivity index is 2.15. The van der Waals surface area contributed by atoms with Crippen LogP contribution in [0.1, 0.15) is 23.0 Å². The lowest BCUT2D eigenvalue weighted by molar-refractivity contribution is 0.0996. The fourth-order valence-corrected chi connectivity index (χ4v) is 1.71. The lowest BCUT2D eigenvalue weighted by atomic mass is 10.1. The first kappa shape index (κ1) is 13.2. The summed E-state index contributed by atoms with van der Waals surface area (Å²) in [4.78, 5) is 11.8. The minimum atomic E-state index is -0.294. The zero-order chi connectivity index (χ0) is 13.7. The van der Waals surface area contributed by atoms with Gasteiger partial charge in [-0.15, -0.1) is 0 Å². The Morgan fingerprint density at radius 3 is 2.89 bits per heavy atom. The van der Waals surface area contributed by atoms with Gasteiger partial charge in [-0.05, 0) is 37.3 Å². The number of amides is 1. The Kier molecular flexibility index (Phi) is 4.20. The zero-order valence-corrected chi connectivity index (χ0v) is 10.7. The molecule has 100 valence electrons. The molecule has 0 fully saturated rings. The van der Waals surface area contributed by atoms with Gasteiger partial charge in [-0.1, -0.05) is 0 Å². The second kappa shape index (κ2) is 6.06. The Labute approximate surface area is 111 Å². The summed E-state index contributed by atoms with van der Waals surface area (Å²) in [7, 11) is 0. The fraction of sp³-hybridized carbons (Fsp3) is 0.214. The highest BCUT2D eigenvalue weighted by Crippen LogP contribution is 2.23. The first-order valence-corrected chi connectivity index (χ1v) is 6.05. The summed E-state index contributed by atoms with van der Waals surface area (Å²) in [5.74, 6) is 0.710. The van der Waals surface area contributed by atoms with Crippen LogP contribution in [0, 0.1) is 0 Å². The second-order valence-electron chi connectivity index (χ2n) is 3.89. The SMILES string of the molecule is CCOc1ccc(NC(=O)c2ccco2)cc1CN. The molecule has 0 unspecified atom stereocenters. The Morgan fingerprint density at radius 1 is 1.42 bits per heavy atom. The van der Waals surface area contributed by atoms with Gasteiger partial charge in [-0.3, -0.25) is 4.79 Å². The van der Waals surface area contributed by atoms with Crippen LogP contribution in [-0.2, 0) is 6.54 Å². The molecule has 5 heteroatoms. The van der Waals surface area contributed by atoms with Gasteiger partial charge >= 0.3 is 0 Å². The van der Waals surface area contributed by atoms with Crippen molar-refractivity contribution >= 4 is 11.6 Å². The quantitative estimate of drug-likeness (QED) is 0.865. The molecule has 2 aromatic rings. The van der Waals surface area contributed by atoms with Crippen molar-refractivity contribution in [2.45, 2.75) is 13.5 Å². The van der Waals surface area contributed by atoms with E-state index in [4.69, 9.17) is 14.9 Å². The van der Waals surface area contributed by atoms with Gasteiger partial charge in [0.1, 0.15) is 5.75 Å². The van der Waals surface area contributed by atoms with E-state index < -0.39 is 0 Å². The van der Waals surface area contributed by atoms with Crippen LogP contribution in [0.15, 0.2) is 41.0 Å². The average molecular weight is 260 g/mol. The number of carbonyl (C=O) groups excluding carboxylic acids is 1. The summed E-state index contributed by atoms with van der Waals surface area (Å²) in [5.41, 5.74) is 7.17. The molecule has 2 rings (SSSR count). The van der Waals surface area contributed by atoms with Crippen LogP contribution in [0.3, 0.4) is 0 Å². The largest absolute Gasteiger partial charge is 0.494 e. The summed E-state index contributed by atoms with van der Waals surface area (Å²) in [6.07, 6.45) is 1.46. The van der Waals surface area contributed by atoms with Crippen LogP contribution >= 0.6 is 0 Å². The summed E-state index contributed by atoms with van der Waals surface area (Å²) in [6.45, 7) is 2.83. The van der Waals surface area contributed by atoms with Gasteiger partial charge in [-0.2, -0.15) is 0 Å². The summed E-state index contributed by atoms with van der Waals surface area (Å²) in [5, 5.41) is 2.74. The highest BCUT2D eigenvalue weighted by atomic mass is 16.5. The average Bonchev–Trinajstić information content (AvgIpc) is 2.94. The normalized spacial score (nSPS) is 10.2. The lowest BCUT2D eigenvalue weighted by Gasteiger charge is -2.11. The van der Waals surface area contributed by atoms with E-state index >= 15 is 0 Å². The molecule has 0 aliphatic carbocycles. The van der Waals surface area contributed by atoms with Crippen molar-refractivity contribution in [1.82, 2.24) is 0 Å². The zero-order valence-electron chi connectivity index (χ0n) is 10.7. The molecule has 0 atom stereocenters. The number of benzene rings is 1. The maximum absolute atomic E-state index is 11.8. The number of ether oxygens (including phenoxy) is 1. The van der Waals surface area contributed by atoms with Gasteiger partial charge in [0.25, 0.3) is 5.91 Å². The van der Waals surface area contributed by atoms with Gasteiger partial charge in [0.2, 0.25) is 0 Å². The standard InChI is InChI=1S/C14H16N2O3/c1-2-18-12-6-5-11(8-10(12)9-15)16-14(17)13-4-3-7-19-13/h3-8H,2,9,15H2,1H3,(H,16,17). The predicted octanol–water partition coefficient (Wildman–Crippen LogP) is 2.39. The lowest BCUT2D eigenvalue weighted by Crippen LogP contribution is -2.11. The van der Waals surface area contributed by atoms with Crippen molar-refractivity contribution in [3.63, 3.8) is 0 Å². The molecule has 3 N–H and O–H groups in total. The van der Waals surface area contributed by atoms with Crippen molar-refractivity contribution in [3.8, 4) is 5.75 Å². The molecule has 1 aromatic heterocycles. The highest BCUT2D eigenvalue weighted by Gasteiger charge is 2.10. The van der Waals surface area contributed by atoms with Crippen LogP contribution < -0.4 is 15.8 Å². The number of carbonyl (C=O) groups is 1. The van der Waals surface area contributed by atoms with Gasteiger partial charge in [0, 0.05) is 17.8 Å². The van der Waals surface area contributed by atoms with E-state index in [2.05, 4.69) is 5.32 Å².